The number of anilines is 1. The van der Waals surface area contributed by atoms with E-state index in [1.807, 2.05) is 0 Å². The Labute approximate surface area is 127 Å². The molecule has 0 bridgehead atoms. The van der Waals surface area contributed by atoms with Gasteiger partial charge in [-0.25, -0.2) is 4.98 Å². The zero-order valence-electron chi connectivity index (χ0n) is 11.6. The molecule has 1 aromatic heterocycles. The van der Waals surface area contributed by atoms with Crippen molar-refractivity contribution < 1.29 is 4.74 Å². The minimum atomic E-state index is 0.859. The minimum Gasteiger partial charge on any atom is -0.379 e. The number of aromatic nitrogens is 1. The van der Waals surface area contributed by atoms with Crippen LogP contribution in [0, 0.1) is 0 Å². The fourth-order valence-electron chi connectivity index (χ4n) is 2.31. The Kier molecular flexibility index (Phi) is 4.77. The number of thiazole rings is 1. The first kappa shape index (κ1) is 14.1. The maximum absolute atomic E-state index is 5.36. The Bertz CT molecular complexity index is 567. The van der Waals surface area contributed by atoms with Gasteiger partial charge in [-0.1, -0.05) is 17.4 Å². The molecule has 0 unspecified atom stereocenters. The van der Waals surface area contributed by atoms with Crippen LogP contribution in [0.25, 0.3) is 10.2 Å². The quantitative estimate of drug-likeness (QED) is 0.860. The van der Waals surface area contributed by atoms with Crippen LogP contribution < -0.4 is 5.32 Å². The molecule has 0 spiro atoms. The molecule has 20 heavy (non-hydrogen) atoms. The number of morpholine rings is 1. The standard InChI is InChI=1S/C14H19N3OS2/c1-19-11-3-2-4-12-13(11)16-14(20-12)15-5-6-17-7-9-18-10-8-17/h2-4H,5-10H2,1H3,(H,15,16). The molecule has 1 fully saturated rings. The predicted molar refractivity (Wildman–Crippen MR) is 87.1 cm³/mol. The molecule has 2 aromatic rings. The average Bonchev–Trinajstić information content (AvgIpc) is 2.91. The van der Waals surface area contributed by atoms with Gasteiger partial charge in [0.2, 0.25) is 0 Å². The van der Waals surface area contributed by atoms with Crippen LogP contribution >= 0.6 is 23.1 Å². The van der Waals surface area contributed by atoms with E-state index in [4.69, 9.17) is 9.72 Å². The maximum Gasteiger partial charge on any atom is 0.183 e. The van der Waals surface area contributed by atoms with E-state index >= 15 is 0 Å². The third kappa shape index (κ3) is 3.25. The van der Waals surface area contributed by atoms with E-state index in [0.29, 0.717) is 0 Å². The molecule has 1 aliphatic rings. The van der Waals surface area contributed by atoms with Gasteiger partial charge in [-0.15, -0.1) is 11.8 Å². The lowest BCUT2D eigenvalue weighted by Gasteiger charge is -2.26. The number of nitrogens with zero attached hydrogens (tertiary/aromatic N) is 2. The molecule has 3 rings (SSSR count). The van der Waals surface area contributed by atoms with E-state index in [1.54, 1.807) is 23.1 Å². The Hall–Kier alpha value is -0.820. The van der Waals surface area contributed by atoms with E-state index in [2.05, 4.69) is 34.7 Å². The van der Waals surface area contributed by atoms with E-state index in [1.165, 1.54) is 9.60 Å². The summed E-state index contributed by atoms with van der Waals surface area (Å²) in [6, 6.07) is 6.37. The minimum absolute atomic E-state index is 0.859. The van der Waals surface area contributed by atoms with Gasteiger partial charge in [0.15, 0.2) is 5.13 Å². The molecule has 108 valence electrons. The fraction of sp³-hybridized carbons (Fsp3) is 0.500. The van der Waals surface area contributed by atoms with Gasteiger partial charge in [0.25, 0.3) is 0 Å². The van der Waals surface area contributed by atoms with Crippen LogP contribution in [0.2, 0.25) is 0 Å². The lowest BCUT2D eigenvalue weighted by atomic mass is 10.3. The van der Waals surface area contributed by atoms with Crippen molar-refractivity contribution in [2.75, 3.05) is 51.0 Å². The summed E-state index contributed by atoms with van der Waals surface area (Å²) >= 11 is 3.49. The number of ether oxygens (including phenoxy) is 1. The van der Waals surface area contributed by atoms with Crippen LogP contribution in [0.15, 0.2) is 23.1 Å². The molecule has 0 radical (unpaired) electrons. The van der Waals surface area contributed by atoms with Gasteiger partial charge < -0.3 is 10.1 Å². The van der Waals surface area contributed by atoms with Crippen molar-refractivity contribution in [1.29, 1.82) is 0 Å². The van der Waals surface area contributed by atoms with Crippen LogP contribution in [-0.4, -0.2) is 55.5 Å². The first-order valence-electron chi connectivity index (χ1n) is 6.84. The fourth-order valence-corrected chi connectivity index (χ4v) is 3.86. The Balaban J connectivity index is 1.60. The van der Waals surface area contributed by atoms with E-state index in [0.717, 1.165) is 50.0 Å². The van der Waals surface area contributed by atoms with Crippen molar-refractivity contribution in [2.45, 2.75) is 4.90 Å². The molecule has 0 amide bonds. The zero-order chi connectivity index (χ0) is 13.8. The molecule has 1 aromatic carbocycles. The summed E-state index contributed by atoms with van der Waals surface area (Å²) in [5.41, 5.74) is 1.12. The summed E-state index contributed by atoms with van der Waals surface area (Å²) in [7, 11) is 0. The number of hydrogen-bond acceptors (Lipinski definition) is 6. The Morgan fingerprint density at radius 2 is 2.25 bits per heavy atom. The molecule has 1 N–H and O–H groups in total. The number of hydrogen-bond donors (Lipinski definition) is 1. The summed E-state index contributed by atoms with van der Waals surface area (Å²) in [4.78, 5) is 8.39. The van der Waals surface area contributed by atoms with E-state index < -0.39 is 0 Å². The van der Waals surface area contributed by atoms with Gasteiger partial charge in [-0.2, -0.15) is 0 Å². The van der Waals surface area contributed by atoms with Gasteiger partial charge in [0.05, 0.1) is 23.4 Å². The van der Waals surface area contributed by atoms with Crippen molar-refractivity contribution in [3.05, 3.63) is 18.2 Å². The summed E-state index contributed by atoms with van der Waals surface area (Å²) < 4.78 is 6.61. The van der Waals surface area contributed by atoms with Crippen molar-refractivity contribution in [2.24, 2.45) is 0 Å². The average molecular weight is 309 g/mol. The largest absolute Gasteiger partial charge is 0.379 e. The lowest BCUT2D eigenvalue weighted by Crippen LogP contribution is -2.38. The SMILES string of the molecule is CSc1cccc2sc(NCCN3CCOCC3)nc12. The molecule has 6 heteroatoms. The molecule has 0 atom stereocenters. The van der Waals surface area contributed by atoms with Crippen LogP contribution in [-0.2, 0) is 4.74 Å². The van der Waals surface area contributed by atoms with Crippen molar-refractivity contribution in [1.82, 2.24) is 9.88 Å². The molecular formula is C14H19N3OS2. The summed E-state index contributed by atoms with van der Waals surface area (Å²) in [5.74, 6) is 0. The smallest absolute Gasteiger partial charge is 0.183 e. The molecule has 0 saturated carbocycles. The van der Waals surface area contributed by atoms with Crippen LogP contribution in [0.5, 0.6) is 0 Å². The predicted octanol–water partition coefficient (Wildman–Crippen LogP) is 2.76. The summed E-state index contributed by atoms with van der Waals surface area (Å²) in [5, 5.41) is 4.47. The Morgan fingerprint density at radius 1 is 1.40 bits per heavy atom. The van der Waals surface area contributed by atoms with E-state index in [-0.39, 0.29) is 0 Å². The Morgan fingerprint density at radius 3 is 3.05 bits per heavy atom. The van der Waals surface area contributed by atoms with Crippen molar-refractivity contribution >= 4 is 38.4 Å². The number of rotatable bonds is 5. The van der Waals surface area contributed by atoms with Crippen LogP contribution in [0.1, 0.15) is 0 Å². The van der Waals surface area contributed by atoms with Gasteiger partial charge in [-0.3, -0.25) is 4.90 Å². The zero-order valence-corrected chi connectivity index (χ0v) is 13.2. The molecular weight excluding hydrogens is 290 g/mol. The maximum atomic E-state index is 5.36. The second-order valence-corrected chi connectivity index (χ2v) is 6.59. The second kappa shape index (κ2) is 6.76. The molecule has 1 aliphatic heterocycles. The highest BCUT2D eigenvalue weighted by Crippen LogP contribution is 2.32. The monoisotopic (exact) mass is 309 g/mol. The second-order valence-electron chi connectivity index (χ2n) is 4.71. The van der Waals surface area contributed by atoms with Gasteiger partial charge in [-0.05, 0) is 18.4 Å². The first-order valence-corrected chi connectivity index (χ1v) is 8.88. The highest BCUT2D eigenvalue weighted by Gasteiger charge is 2.10. The highest BCUT2D eigenvalue weighted by atomic mass is 32.2. The third-order valence-electron chi connectivity index (χ3n) is 3.41. The molecule has 2 heterocycles. The number of nitrogens with one attached hydrogen (secondary N) is 1. The molecule has 1 saturated heterocycles. The first-order chi connectivity index (χ1) is 9.86. The van der Waals surface area contributed by atoms with Gasteiger partial charge in [0, 0.05) is 31.1 Å². The van der Waals surface area contributed by atoms with Crippen molar-refractivity contribution in [3.8, 4) is 0 Å². The number of benzene rings is 1. The summed E-state index contributed by atoms with van der Waals surface area (Å²) in [6.07, 6.45) is 2.10. The summed E-state index contributed by atoms with van der Waals surface area (Å²) in [6.45, 7) is 5.79. The third-order valence-corrected chi connectivity index (χ3v) is 5.16. The van der Waals surface area contributed by atoms with E-state index in [9.17, 15) is 0 Å². The van der Waals surface area contributed by atoms with Gasteiger partial charge >= 0.3 is 0 Å². The molecule has 4 nitrogen and oxygen atoms in total. The van der Waals surface area contributed by atoms with Crippen LogP contribution in [0.3, 0.4) is 0 Å². The molecule has 0 aliphatic carbocycles. The topological polar surface area (TPSA) is 37.4 Å². The van der Waals surface area contributed by atoms with Crippen LogP contribution in [0.4, 0.5) is 5.13 Å². The number of fused-ring (bicyclic) bond motifs is 1. The number of para-hydroxylation sites is 1. The van der Waals surface area contributed by atoms with Crippen molar-refractivity contribution in [3.63, 3.8) is 0 Å². The lowest BCUT2D eigenvalue weighted by molar-refractivity contribution is 0.0398. The number of thioether (sulfide) groups is 1. The highest BCUT2D eigenvalue weighted by molar-refractivity contribution is 7.98. The normalized spacial score (nSPS) is 16.6. The van der Waals surface area contributed by atoms with Gasteiger partial charge in [0.1, 0.15) is 0 Å².